The first-order valence-electron chi connectivity index (χ1n) is 10.2. The van der Waals surface area contributed by atoms with Crippen molar-refractivity contribution in [2.24, 2.45) is 4.99 Å². The fourth-order valence-electron chi connectivity index (χ4n) is 3.41. The average molecular weight is 541 g/mol. The molecule has 2 heterocycles. The van der Waals surface area contributed by atoms with E-state index in [2.05, 4.69) is 42.7 Å². The van der Waals surface area contributed by atoms with Crippen molar-refractivity contribution in [1.29, 1.82) is 0 Å². The van der Waals surface area contributed by atoms with Crippen molar-refractivity contribution >= 4 is 35.8 Å². The highest BCUT2D eigenvalue weighted by atomic mass is 127. The van der Waals surface area contributed by atoms with Gasteiger partial charge in [0.15, 0.2) is 5.96 Å². The number of aliphatic imine (C=N–C) groups is 1. The number of hydrogen-bond acceptors (Lipinski definition) is 5. The van der Waals surface area contributed by atoms with Gasteiger partial charge in [0, 0.05) is 65.8 Å². The van der Waals surface area contributed by atoms with Gasteiger partial charge in [-0.2, -0.15) is 5.10 Å². The second-order valence-electron chi connectivity index (χ2n) is 7.13. The van der Waals surface area contributed by atoms with Crippen LogP contribution in [0.15, 0.2) is 47.7 Å². The minimum atomic E-state index is 0. The molecule has 1 aliphatic rings. The van der Waals surface area contributed by atoms with Crippen LogP contribution in [0, 0.1) is 0 Å². The molecule has 1 aliphatic heterocycles. The van der Waals surface area contributed by atoms with E-state index >= 15 is 0 Å². The second-order valence-corrected chi connectivity index (χ2v) is 7.13. The number of methoxy groups -OCH3 is 1. The molecule has 1 saturated heterocycles. The van der Waals surface area contributed by atoms with Crippen LogP contribution < -0.4 is 10.6 Å². The highest BCUT2D eigenvalue weighted by Gasteiger charge is 2.21. The van der Waals surface area contributed by atoms with E-state index < -0.39 is 0 Å². The Kier molecular flexibility index (Phi) is 10.7. The Morgan fingerprint density at radius 2 is 2.00 bits per heavy atom. The molecule has 3 rings (SSSR count). The zero-order valence-corrected chi connectivity index (χ0v) is 20.5. The number of halogens is 1. The minimum absolute atomic E-state index is 0. The summed E-state index contributed by atoms with van der Waals surface area (Å²) in [6.07, 6.45) is 3.71. The summed E-state index contributed by atoms with van der Waals surface area (Å²) >= 11 is 0. The first kappa shape index (κ1) is 25.1. The first-order valence-corrected chi connectivity index (χ1v) is 10.2. The lowest BCUT2D eigenvalue weighted by Crippen LogP contribution is -2.54. The van der Waals surface area contributed by atoms with E-state index in [1.165, 1.54) is 0 Å². The maximum absolute atomic E-state index is 12.0. The average Bonchev–Trinajstić information content (AvgIpc) is 3.31. The molecule has 2 N–H and O–H groups in total. The Labute approximate surface area is 200 Å². The monoisotopic (exact) mass is 541 g/mol. The van der Waals surface area contributed by atoms with E-state index in [-0.39, 0.29) is 29.9 Å². The molecule has 1 aromatic carbocycles. The van der Waals surface area contributed by atoms with Crippen molar-refractivity contribution in [3.8, 4) is 5.69 Å². The molecular formula is C21H32IN7O2. The number of carbonyl (C=O) groups excluding carboxylic acids is 1. The third-order valence-corrected chi connectivity index (χ3v) is 5.01. The largest absolute Gasteiger partial charge is 0.383 e. The Morgan fingerprint density at radius 3 is 2.68 bits per heavy atom. The Hall–Kier alpha value is -2.18. The molecule has 1 aromatic heterocycles. The van der Waals surface area contributed by atoms with Gasteiger partial charge in [0.25, 0.3) is 0 Å². The van der Waals surface area contributed by atoms with Crippen LogP contribution in [0.5, 0.6) is 0 Å². The molecule has 0 atom stereocenters. The molecule has 170 valence electrons. The van der Waals surface area contributed by atoms with Gasteiger partial charge in [-0.15, -0.1) is 24.0 Å². The third kappa shape index (κ3) is 7.78. The lowest BCUT2D eigenvalue weighted by atomic mass is 10.2. The molecule has 0 saturated carbocycles. The summed E-state index contributed by atoms with van der Waals surface area (Å²) in [6, 6.07) is 10.2. The van der Waals surface area contributed by atoms with Crippen molar-refractivity contribution in [2.75, 3.05) is 60.0 Å². The maximum atomic E-state index is 12.0. The number of amides is 1. The molecule has 1 fully saturated rings. The lowest BCUT2D eigenvalue weighted by molar-refractivity contribution is -0.122. The molecule has 1 amide bonds. The molecule has 2 aromatic rings. The normalized spacial score (nSPS) is 14.8. The SMILES string of the molecule is CN=C(NCc1cccc(-n2cccn2)c1)N1CCN(CC(=O)NCCOC)CC1.I. The third-order valence-electron chi connectivity index (χ3n) is 5.01. The quantitative estimate of drug-likeness (QED) is 0.224. The van der Waals surface area contributed by atoms with Crippen molar-refractivity contribution in [3.05, 3.63) is 48.3 Å². The molecule has 0 spiro atoms. The van der Waals surface area contributed by atoms with Crippen molar-refractivity contribution in [1.82, 2.24) is 30.2 Å². The number of hydrogen-bond donors (Lipinski definition) is 2. The summed E-state index contributed by atoms with van der Waals surface area (Å²) in [4.78, 5) is 20.8. The van der Waals surface area contributed by atoms with Gasteiger partial charge in [-0.25, -0.2) is 4.68 Å². The number of benzene rings is 1. The zero-order valence-electron chi connectivity index (χ0n) is 18.2. The lowest BCUT2D eigenvalue weighted by Gasteiger charge is -2.36. The predicted octanol–water partition coefficient (Wildman–Crippen LogP) is 0.946. The first-order chi connectivity index (χ1) is 14.7. The smallest absolute Gasteiger partial charge is 0.234 e. The summed E-state index contributed by atoms with van der Waals surface area (Å²) in [7, 11) is 3.43. The van der Waals surface area contributed by atoms with Gasteiger partial charge >= 0.3 is 0 Å². The van der Waals surface area contributed by atoms with Crippen molar-refractivity contribution < 1.29 is 9.53 Å². The molecule has 31 heavy (non-hydrogen) atoms. The molecule has 0 aliphatic carbocycles. The fraction of sp³-hybridized carbons (Fsp3) is 0.476. The summed E-state index contributed by atoms with van der Waals surface area (Å²) in [5.41, 5.74) is 2.20. The van der Waals surface area contributed by atoms with E-state index in [0.717, 1.165) is 43.4 Å². The number of rotatable bonds is 8. The van der Waals surface area contributed by atoms with Gasteiger partial charge in [0.05, 0.1) is 18.8 Å². The van der Waals surface area contributed by atoms with Crippen LogP contribution in [0.2, 0.25) is 0 Å². The van der Waals surface area contributed by atoms with Gasteiger partial charge in [-0.3, -0.25) is 14.7 Å². The standard InChI is InChI=1S/C21H31N7O2.HI/c1-22-21(24-16-18-5-3-6-19(15-18)28-9-4-7-25-28)27-12-10-26(11-13-27)17-20(29)23-8-14-30-2;/h3-7,9,15H,8,10-14,16-17H2,1-2H3,(H,22,24)(H,23,29);1H. The number of aromatic nitrogens is 2. The highest BCUT2D eigenvalue weighted by molar-refractivity contribution is 14.0. The van der Waals surface area contributed by atoms with Crippen LogP contribution in [-0.4, -0.2) is 91.5 Å². The summed E-state index contributed by atoms with van der Waals surface area (Å²) in [5, 5.41) is 10.6. The Balaban J connectivity index is 0.00000341. The van der Waals surface area contributed by atoms with Crippen LogP contribution in [0.1, 0.15) is 5.56 Å². The van der Waals surface area contributed by atoms with Crippen LogP contribution in [0.3, 0.4) is 0 Å². The van der Waals surface area contributed by atoms with E-state index in [1.807, 2.05) is 29.1 Å². The van der Waals surface area contributed by atoms with Crippen molar-refractivity contribution in [2.45, 2.75) is 6.54 Å². The zero-order chi connectivity index (χ0) is 21.2. The van der Waals surface area contributed by atoms with Crippen LogP contribution in [0.4, 0.5) is 0 Å². The highest BCUT2D eigenvalue weighted by Crippen LogP contribution is 2.10. The van der Waals surface area contributed by atoms with Gasteiger partial charge in [-0.05, 0) is 23.8 Å². The van der Waals surface area contributed by atoms with Crippen LogP contribution in [-0.2, 0) is 16.1 Å². The number of nitrogens with zero attached hydrogens (tertiary/aromatic N) is 5. The molecule has 0 bridgehead atoms. The van der Waals surface area contributed by atoms with Crippen LogP contribution in [0.25, 0.3) is 5.69 Å². The molecule has 9 nitrogen and oxygen atoms in total. The Morgan fingerprint density at radius 1 is 1.19 bits per heavy atom. The Bertz CT molecular complexity index is 821. The molecule has 0 radical (unpaired) electrons. The number of piperazine rings is 1. The van der Waals surface area contributed by atoms with Gasteiger partial charge < -0.3 is 20.3 Å². The van der Waals surface area contributed by atoms with Gasteiger partial charge in [0.1, 0.15) is 0 Å². The van der Waals surface area contributed by atoms with E-state index in [4.69, 9.17) is 4.74 Å². The van der Waals surface area contributed by atoms with E-state index in [9.17, 15) is 4.79 Å². The number of carbonyl (C=O) groups is 1. The molecular weight excluding hydrogens is 509 g/mol. The molecule has 0 unspecified atom stereocenters. The second kappa shape index (κ2) is 13.3. The van der Waals surface area contributed by atoms with Crippen LogP contribution >= 0.6 is 24.0 Å². The maximum Gasteiger partial charge on any atom is 0.234 e. The summed E-state index contributed by atoms with van der Waals surface area (Å²) < 4.78 is 6.81. The number of ether oxygens (including phenoxy) is 1. The molecule has 10 heteroatoms. The topological polar surface area (TPSA) is 87.0 Å². The van der Waals surface area contributed by atoms with E-state index in [1.54, 1.807) is 20.4 Å². The minimum Gasteiger partial charge on any atom is -0.383 e. The number of nitrogens with one attached hydrogen (secondary N) is 2. The fourth-order valence-corrected chi connectivity index (χ4v) is 3.41. The summed E-state index contributed by atoms with van der Waals surface area (Å²) in [6.45, 7) is 5.50. The van der Waals surface area contributed by atoms with Gasteiger partial charge in [-0.1, -0.05) is 12.1 Å². The van der Waals surface area contributed by atoms with Gasteiger partial charge in [0.2, 0.25) is 5.91 Å². The number of guanidine groups is 1. The van der Waals surface area contributed by atoms with Crippen molar-refractivity contribution in [3.63, 3.8) is 0 Å². The van der Waals surface area contributed by atoms with E-state index in [0.29, 0.717) is 26.2 Å². The predicted molar refractivity (Wildman–Crippen MR) is 132 cm³/mol. The summed E-state index contributed by atoms with van der Waals surface area (Å²) in [5.74, 6) is 0.920.